The van der Waals surface area contributed by atoms with Gasteiger partial charge in [0.1, 0.15) is 0 Å². The summed E-state index contributed by atoms with van der Waals surface area (Å²) in [7, 11) is 0. The molecule has 2 aliphatic rings. The van der Waals surface area contributed by atoms with Crippen LogP contribution in [0.25, 0.3) is 6.08 Å². The molecule has 0 aliphatic heterocycles. The van der Waals surface area contributed by atoms with E-state index in [4.69, 9.17) is 0 Å². The van der Waals surface area contributed by atoms with Gasteiger partial charge in [0.05, 0.1) is 0 Å². The first kappa shape index (κ1) is 14.7. The minimum absolute atomic E-state index is 1.17. The first-order valence-corrected chi connectivity index (χ1v) is 11.5. The molecule has 0 heterocycles. The van der Waals surface area contributed by atoms with Crippen molar-refractivity contribution in [3.63, 3.8) is 0 Å². The first-order chi connectivity index (χ1) is 10.2. The Morgan fingerprint density at radius 1 is 0.952 bits per heavy atom. The molecule has 0 N–H and O–H groups in total. The van der Waals surface area contributed by atoms with Crippen LogP contribution >= 0.6 is 0 Å². The van der Waals surface area contributed by atoms with Crippen LogP contribution in [-0.2, 0) is 21.8 Å². The molecule has 0 radical (unpaired) electrons. The van der Waals surface area contributed by atoms with Crippen molar-refractivity contribution in [2.75, 3.05) is 0 Å². The van der Waals surface area contributed by atoms with Crippen LogP contribution in [0.4, 0.5) is 0 Å². The van der Waals surface area contributed by atoms with E-state index in [0.717, 1.165) is 0 Å². The van der Waals surface area contributed by atoms with Crippen molar-refractivity contribution in [2.45, 2.75) is 26.7 Å². The summed E-state index contributed by atoms with van der Waals surface area (Å²) in [6.07, 6.45) is 18.5. The van der Waals surface area contributed by atoms with Gasteiger partial charge < -0.3 is 0 Å². The maximum atomic E-state index is 2.57. The van der Waals surface area contributed by atoms with Gasteiger partial charge in [-0.2, -0.15) is 0 Å². The fourth-order valence-corrected chi connectivity index (χ4v) is 8.76. The molecular formula is C20H21Zr. The fourth-order valence-electron chi connectivity index (χ4n) is 2.83. The van der Waals surface area contributed by atoms with Gasteiger partial charge in [0, 0.05) is 0 Å². The molecule has 105 valence electrons. The van der Waals surface area contributed by atoms with Gasteiger partial charge >= 0.3 is 136 Å². The Morgan fingerprint density at radius 2 is 1.62 bits per heavy atom. The number of hydrogen-bond donors (Lipinski definition) is 0. The zero-order chi connectivity index (χ0) is 14.7. The Hall–Kier alpha value is -1.20. The van der Waals surface area contributed by atoms with E-state index in [1.54, 1.807) is 6.56 Å². The number of hydrogen-bond acceptors (Lipinski definition) is 0. The second-order valence-corrected chi connectivity index (χ2v) is 11.8. The van der Waals surface area contributed by atoms with E-state index in [0.29, 0.717) is 0 Å². The van der Waals surface area contributed by atoms with Crippen molar-refractivity contribution in [1.29, 1.82) is 0 Å². The molecule has 1 aromatic carbocycles. The van der Waals surface area contributed by atoms with E-state index >= 15 is 0 Å². The van der Waals surface area contributed by atoms with E-state index in [1.165, 1.54) is 29.5 Å². The fraction of sp³-hybridized carbons (Fsp3) is 0.200. The molecule has 0 bridgehead atoms. The summed E-state index contributed by atoms with van der Waals surface area (Å²) in [6.45, 7) is 4.37. The van der Waals surface area contributed by atoms with Crippen molar-refractivity contribution in [3.05, 3.63) is 81.7 Å². The molecule has 1 heteroatoms. The van der Waals surface area contributed by atoms with Gasteiger partial charge in [-0.05, 0) is 0 Å². The summed E-state index contributed by atoms with van der Waals surface area (Å²) in [6, 6.07) is 6.72. The third-order valence-electron chi connectivity index (χ3n) is 4.10. The average molecular weight is 353 g/mol. The second kappa shape index (κ2) is 6.71. The number of benzene rings is 1. The van der Waals surface area contributed by atoms with Crippen LogP contribution < -0.4 is 0 Å². The van der Waals surface area contributed by atoms with Crippen molar-refractivity contribution >= 4 is 6.08 Å². The van der Waals surface area contributed by atoms with Crippen molar-refractivity contribution < 1.29 is 21.8 Å². The van der Waals surface area contributed by atoms with E-state index in [-0.39, 0.29) is 0 Å². The SMILES string of the molecule is Cc1ccc(C)c(/C=[CH]/[Zr]([C]2=CC=CC2)[C]2=CC=CC2)c1. The van der Waals surface area contributed by atoms with Gasteiger partial charge in [-0.3, -0.25) is 0 Å². The zero-order valence-electron chi connectivity index (χ0n) is 12.8. The van der Waals surface area contributed by atoms with Gasteiger partial charge in [-0.15, -0.1) is 0 Å². The first-order valence-electron chi connectivity index (χ1n) is 7.58. The van der Waals surface area contributed by atoms with E-state index in [1.807, 2.05) is 0 Å². The van der Waals surface area contributed by atoms with Crippen LogP contribution in [0.2, 0.25) is 0 Å². The topological polar surface area (TPSA) is 0 Å². The maximum absolute atomic E-state index is 2.57. The normalized spacial score (nSPS) is 16.7. The minimum atomic E-state index is -1.78. The molecule has 0 saturated heterocycles. The molecule has 0 aromatic heterocycles. The predicted molar refractivity (Wildman–Crippen MR) is 88.6 cm³/mol. The molecule has 0 unspecified atom stereocenters. The summed E-state index contributed by atoms with van der Waals surface area (Å²) >= 11 is -1.78. The Kier molecular flexibility index (Phi) is 4.71. The molecule has 0 saturated carbocycles. The van der Waals surface area contributed by atoms with Gasteiger partial charge in [-0.1, -0.05) is 0 Å². The van der Waals surface area contributed by atoms with Crippen LogP contribution in [0, 0.1) is 13.8 Å². The van der Waals surface area contributed by atoms with Crippen LogP contribution in [0.5, 0.6) is 0 Å². The van der Waals surface area contributed by atoms with Crippen LogP contribution in [-0.4, -0.2) is 0 Å². The Labute approximate surface area is 136 Å². The zero-order valence-corrected chi connectivity index (χ0v) is 15.2. The van der Waals surface area contributed by atoms with Crippen LogP contribution in [0.3, 0.4) is 0 Å². The third-order valence-corrected chi connectivity index (χ3v) is 10.6. The number of rotatable bonds is 4. The summed E-state index contributed by atoms with van der Waals surface area (Å²) < 4.78 is 5.98. The third kappa shape index (κ3) is 3.53. The summed E-state index contributed by atoms with van der Waals surface area (Å²) in [5.74, 6) is 0. The summed E-state index contributed by atoms with van der Waals surface area (Å²) in [4.78, 5) is 0. The Bertz CT molecular complexity index is 654. The quantitative estimate of drug-likeness (QED) is 0.663. The number of aryl methyl sites for hydroxylation is 2. The van der Waals surface area contributed by atoms with Crippen LogP contribution in [0.1, 0.15) is 29.5 Å². The van der Waals surface area contributed by atoms with E-state index in [2.05, 4.69) is 78.4 Å². The van der Waals surface area contributed by atoms with Gasteiger partial charge in [0.25, 0.3) is 0 Å². The molecule has 0 atom stereocenters. The predicted octanol–water partition coefficient (Wildman–Crippen LogP) is 5.58. The van der Waals surface area contributed by atoms with Crippen molar-refractivity contribution in [2.24, 2.45) is 0 Å². The second-order valence-electron chi connectivity index (χ2n) is 5.76. The average Bonchev–Trinajstić information content (AvgIpc) is 3.16. The molecular weight excluding hydrogens is 331 g/mol. The molecule has 1 aromatic rings. The van der Waals surface area contributed by atoms with Gasteiger partial charge in [-0.25, -0.2) is 0 Å². The molecule has 0 amide bonds. The van der Waals surface area contributed by atoms with Gasteiger partial charge in [0.15, 0.2) is 0 Å². The molecule has 0 spiro atoms. The Morgan fingerprint density at radius 3 is 2.19 bits per heavy atom. The standard InChI is InChI=1S/C10H11.2C5H5.Zr/c1-4-10-7-8(2)5-6-9(10)3;2*1-2-4-5-3-1;/h1,4-7H,2-3H3;2*1-3H,4H2;. The molecule has 3 rings (SSSR count). The summed E-state index contributed by atoms with van der Waals surface area (Å²) in [5.41, 5.74) is 4.09. The van der Waals surface area contributed by atoms with E-state index < -0.39 is 21.8 Å². The number of allylic oxidation sites excluding steroid dienone is 8. The van der Waals surface area contributed by atoms with Crippen molar-refractivity contribution in [1.82, 2.24) is 0 Å². The monoisotopic (exact) mass is 351 g/mol. The van der Waals surface area contributed by atoms with Gasteiger partial charge in [0.2, 0.25) is 0 Å². The van der Waals surface area contributed by atoms with Crippen molar-refractivity contribution in [3.8, 4) is 0 Å². The molecule has 2 aliphatic carbocycles. The molecule has 0 nitrogen and oxygen atoms in total. The Balaban J connectivity index is 1.87. The molecule has 0 fully saturated rings. The summed E-state index contributed by atoms with van der Waals surface area (Å²) in [5, 5.41) is 0. The van der Waals surface area contributed by atoms with Crippen LogP contribution in [0.15, 0.2) is 65.0 Å². The van der Waals surface area contributed by atoms with E-state index in [9.17, 15) is 0 Å². The molecule has 21 heavy (non-hydrogen) atoms.